The van der Waals surface area contributed by atoms with Crippen molar-refractivity contribution in [1.82, 2.24) is 5.32 Å². The van der Waals surface area contributed by atoms with Crippen LogP contribution in [0.15, 0.2) is 22.7 Å². The molecule has 1 atom stereocenters. The minimum Gasteiger partial charge on any atom is -0.508 e. The summed E-state index contributed by atoms with van der Waals surface area (Å²) in [5, 5.41) is 13.0. The van der Waals surface area contributed by atoms with Gasteiger partial charge < -0.3 is 10.4 Å². The van der Waals surface area contributed by atoms with Gasteiger partial charge in [0.2, 0.25) is 0 Å². The summed E-state index contributed by atoms with van der Waals surface area (Å²) < 4.78 is 1.02. The van der Waals surface area contributed by atoms with Gasteiger partial charge in [-0.05, 0) is 37.6 Å². The average molecular weight is 242 g/mol. The molecular weight excluding hydrogens is 230 g/mol. The van der Waals surface area contributed by atoms with E-state index in [1.807, 2.05) is 12.1 Å². The molecule has 1 heterocycles. The summed E-state index contributed by atoms with van der Waals surface area (Å²) >= 11 is 3.40. The van der Waals surface area contributed by atoms with E-state index in [0.29, 0.717) is 11.8 Å². The Labute approximate surface area is 86.1 Å². The van der Waals surface area contributed by atoms with Crippen LogP contribution in [0.2, 0.25) is 0 Å². The summed E-state index contributed by atoms with van der Waals surface area (Å²) in [6.45, 7) is 1.05. The lowest BCUT2D eigenvalue weighted by atomic mass is 10.0. The highest BCUT2D eigenvalue weighted by Gasteiger charge is 2.18. The zero-order valence-corrected chi connectivity index (χ0v) is 8.84. The average Bonchev–Trinajstić information content (AvgIpc) is 2.61. The third-order valence-corrected chi connectivity index (χ3v) is 2.92. The van der Waals surface area contributed by atoms with Crippen LogP contribution in [0.3, 0.4) is 0 Å². The van der Waals surface area contributed by atoms with E-state index in [0.717, 1.165) is 23.0 Å². The fraction of sp³-hybridized carbons (Fsp3) is 0.400. The monoisotopic (exact) mass is 241 g/mol. The molecule has 2 rings (SSSR count). The van der Waals surface area contributed by atoms with Gasteiger partial charge in [-0.1, -0.05) is 15.9 Å². The van der Waals surface area contributed by atoms with Gasteiger partial charge in [-0.3, -0.25) is 0 Å². The number of hydrogen-bond donors (Lipinski definition) is 2. The molecule has 0 amide bonds. The summed E-state index contributed by atoms with van der Waals surface area (Å²) in [7, 11) is 0. The highest BCUT2D eigenvalue weighted by molar-refractivity contribution is 9.10. The predicted molar refractivity (Wildman–Crippen MR) is 55.8 cm³/mol. The smallest absolute Gasteiger partial charge is 0.120 e. The maximum atomic E-state index is 9.63. The molecule has 1 aromatic carbocycles. The summed E-state index contributed by atoms with van der Waals surface area (Å²) in [5.74, 6) is 0.391. The SMILES string of the molecule is Oc1ccc(Br)cc1C1CCCN1. The largest absolute Gasteiger partial charge is 0.508 e. The topological polar surface area (TPSA) is 32.3 Å². The van der Waals surface area contributed by atoms with E-state index in [2.05, 4.69) is 21.2 Å². The lowest BCUT2D eigenvalue weighted by molar-refractivity contribution is 0.457. The van der Waals surface area contributed by atoms with Crippen molar-refractivity contribution in [2.75, 3.05) is 6.54 Å². The highest BCUT2D eigenvalue weighted by Crippen LogP contribution is 2.31. The Hall–Kier alpha value is -0.540. The van der Waals surface area contributed by atoms with Crippen LogP contribution < -0.4 is 5.32 Å². The van der Waals surface area contributed by atoms with Crippen LogP contribution in [0.1, 0.15) is 24.4 Å². The molecule has 3 heteroatoms. The Kier molecular flexibility index (Phi) is 2.56. The van der Waals surface area contributed by atoms with Gasteiger partial charge in [0.1, 0.15) is 5.75 Å². The van der Waals surface area contributed by atoms with E-state index in [1.165, 1.54) is 6.42 Å². The maximum absolute atomic E-state index is 9.63. The first-order valence-corrected chi connectivity index (χ1v) is 5.28. The summed E-state index contributed by atoms with van der Waals surface area (Å²) in [4.78, 5) is 0. The quantitative estimate of drug-likeness (QED) is 0.793. The Morgan fingerprint density at radius 3 is 3.00 bits per heavy atom. The fourth-order valence-electron chi connectivity index (χ4n) is 1.75. The zero-order chi connectivity index (χ0) is 9.26. The first-order chi connectivity index (χ1) is 6.27. The lowest BCUT2D eigenvalue weighted by Gasteiger charge is -2.12. The van der Waals surface area contributed by atoms with Gasteiger partial charge in [-0.25, -0.2) is 0 Å². The van der Waals surface area contributed by atoms with E-state index >= 15 is 0 Å². The predicted octanol–water partition coefficient (Wildman–Crippen LogP) is 2.58. The van der Waals surface area contributed by atoms with E-state index in [-0.39, 0.29) is 0 Å². The van der Waals surface area contributed by atoms with Crippen LogP contribution in [0.25, 0.3) is 0 Å². The molecule has 0 saturated carbocycles. The number of nitrogens with one attached hydrogen (secondary N) is 1. The Bertz CT molecular complexity index is 308. The molecular formula is C10H12BrNO. The second-order valence-corrected chi connectivity index (χ2v) is 4.27. The van der Waals surface area contributed by atoms with Gasteiger partial charge >= 0.3 is 0 Å². The summed E-state index contributed by atoms with van der Waals surface area (Å²) in [6.07, 6.45) is 2.31. The number of benzene rings is 1. The van der Waals surface area contributed by atoms with Gasteiger partial charge in [-0.15, -0.1) is 0 Å². The molecule has 0 radical (unpaired) electrons. The van der Waals surface area contributed by atoms with Gasteiger partial charge in [0.15, 0.2) is 0 Å². The number of phenolic OH excluding ortho intramolecular Hbond substituents is 1. The van der Waals surface area contributed by atoms with Crippen LogP contribution in [0.4, 0.5) is 0 Å². The normalized spacial score (nSPS) is 22.1. The first kappa shape index (κ1) is 9.03. The summed E-state index contributed by atoms with van der Waals surface area (Å²) in [5.41, 5.74) is 1.01. The van der Waals surface area contributed by atoms with Crippen molar-refractivity contribution in [1.29, 1.82) is 0 Å². The molecule has 70 valence electrons. The second-order valence-electron chi connectivity index (χ2n) is 3.35. The van der Waals surface area contributed by atoms with Crippen molar-refractivity contribution in [3.05, 3.63) is 28.2 Å². The van der Waals surface area contributed by atoms with Crippen molar-refractivity contribution in [2.45, 2.75) is 18.9 Å². The molecule has 0 spiro atoms. The third kappa shape index (κ3) is 1.86. The Balaban J connectivity index is 2.32. The maximum Gasteiger partial charge on any atom is 0.120 e. The fourth-order valence-corrected chi connectivity index (χ4v) is 2.13. The number of rotatable bonds is 1. The van der Waals surface area contributed by atoms with Crippen LogP contribution in [-0.2, 0) is 0 Å². The molecule has 1 unspecified atom stereocenters. The van der Waals surface area contributed by atoms with Crippen molar-refractivity contribution in [3.8, 4) is 5.75 Å². The minimum absolute atomic E-state index is 0.331. The molecule has 0 aromatic heterocycles. The number of halogens is 1. The molecule has 1 aromatic rings. The van der Waals surface area contributed by atoms with Gasteiger partial charge in [0, 0.05) is 16.1 Å². The lowest BCUT2D eigenvalue weighted by Crippen LogP contribution is -2.12. The second kappa shape index (κ2) is 3.68. The number of aromatic hydroxyl groups is 1. The molecule has 1 aliphatic rings. The summed E-state index contributed by atoms with van der Waals surface area (Å²) in [6, 6.07) is 5.91. The molecule has 13 heavy (non-hydrogen) atoms. The van der Waals surface area contributed by atoms with Crippen LogP contribution in [0.5, 0.6) is 5.75 Å². The van der Waals surface area contributed by atoms with Gasteiger partial charge in [0.05, 0.1) is 0 Å². The van der Waals surface area contributed by atoms with E-state index < -0.39 is 0 Å². The number of phenols is 1. The van der Waals surface area contributed by atoms with Crippen molar-refractivity contribution in [2.24, 2.45) is 0 Å². The first-order valence-electron chi connectivity index (χ1n) is 4.49. The molecule has 1 fully saturated rings. The van der Waals surface area contributed by atoms with Crippen LogP contribution in [0, 0.1) is 0 Å². The molecule has 2 nitrogen and oxygen atoms in total. The third-order valence-electron chi connectivity index (χ3n) is 2.43. The Morgan fingerprint density at radius 1 is 1.46 bits per heavy atom. The zero-order valence-electron chi connectivity index (χ0n) is 7.26. The Morgan fingerprint density at radius 2 is 2.31 bits per heavy atom. The van der Waals surface area contributed by atoms with Crippen molar-refractivity contribution < 1.29 is 5.11 Å². The molecule has 0 aliphatic carbocycles. The van der Waals surface area contributed by atoms with E-state index in [9.17, 15) is 5.11 Å². The van der Waals surface area contributed by atoms with E-state index in [1.54, 1.807) is 6.07 Å². The molecule has 0 bridgehead atoms. The highest BCUT2D eigenvalue weighted by atomic mass is 79.9. The van der Waals surface area contributed by atoms with Crippen LogP contribution >= 0.6 is 15.9 Å². The van der Waals surface area contributed by atoms with Gasteiger partial charge in [0.25, 0.3) is 0 Å². The van der Waals surface area contributed by atoms with Crippen molar-refractivity contribution >= 4 is 15.9 Å². The standard InChI is InChI=1S/C10H12BrNO/c11-7-3-4-10(13)8(6-7)9-2-1-5-12-9/h3-4,6,9,12-13H,1-2,5H2. The van der Waals surface area contributed by atoms with Crippen molar-refractivity contribution in [3.63, 3.8) is 0 Å². The number of hydrogen-bond acceptors (Lipinski definition) is 2. The van der Waals surface area contributed by atoms with Gasteiger partial charge in [-0.2, -0.15) is 0 Å². The van der Waals surface area contributed by atoms with E-state index in [4.69, 9.17) is 0 Å². The minimum atomic E-state index is 0.331. The molecule has 1 aliphatic heterocycles. The van der Waals surface area contributed by atoms with Crippen LogP contribution in [-0.4, -0.2) is 11.7 Å². The molecule has 1 saturated heterocycles. The molecule has 2 N–H and O–H groups in total.